The molecule has 4 N–H and O–H groups in total. The summed E-state index contributed by atoms with van der Waals surface area (Å²) in [5.74, 6) is -0.550. The molecule has 58 heavy (non-hydrogen) atoms. The summed E-state index contributed by atoms with van der Waals surface area (Å²) in [5.41, 5.74) is 3.33. The van der Waals surface area contributed by atoms with Gasteiger partial charge in [-0.05, 0) is 61.9 Å². The molecule has 0 aliphatic carbocycles. The number of aromatic amines is 2. The van der Waals surface area contributed by atoms with Crippen molar-refractivity contribution in [1.29, 1.82) is 0 Å². The van der Waals surface area contributed by atoms with E-state index in [0.29, 0.717) is 49.8 Å². The number of alkyl carbamates (subject to hydrolysis) is 2. The van der Waals surface area contributed by atoms with Crippen molar-refractivity contribution >= 4 is 51.5 Å². The number of halogens is 3. The van der Waals surface area contributed by atoms with Gasteiger partial charge in [-0.15, -0.1) is 11.3 Å². The second kappa shape index (κ2) is 16.6. The Kier molecular flexibility index (Phi) is 11.7. The molecule has 0 spiro atoms. The first-order chi connectivity index (χ1) is 27.6. The third-order valence-corrected chi connectivity index (χ3v) is 12.6. The maximum Gasteiger partial charge on any atom is 0.407 e. The van der Waals surface area contributed by atoms with Crippen LogP contribution in [-0.4, -0.2) is 99.9 Å². The largest absolute Gasteiger partial charge is 0.453 e. The van der Waals surface area contributed by atoms with Gasteiger partial charge in [0.05, 0.1) is 54.9 Å². The molecule has 2 aliphatic rings. The smallest absolute Gasteiger partial charge is 0.407 e. The average Bonchev–Trinajstić information content (AvgIpc) is 4.02. The predicted molar refractivity (Wildman–Crippen MR) is 215 cm³/mol. The minimum Gasteiger partial charge on any atom is -0.453 e. The zero-order chi connectivity index (χ0) is 41.6. The molecule has 3 amide bonds. The summed E-state index contributed by atoms with van der Waals surface area (Å²) in [5, 5.41) is 5.49. The number of aryl methyl sites for hydroxylation is 1. The molecule has 5 aromatic rings. The van der Waals surface area contributed by atoms with Gasteiger partial charge in [0.15, 0.2) is 0 Å². The van der Waals surface area contributed by atoms with Crippen LogP contribution in [0.5, 0.6) is 0 Å². The molecule has 0 saturated carbocycles. The standard InChI is InChI=1S/C41H49F3N8O5S/c1-19(2)31(49-40(54)56-6)18-51-10-8-9-32(51)37-45-28-14-24(26(44)16-30(28)47-37)36-21(5)11-34(58-36)23-13-27-29(15-25(23)43)48-38(46-27)33-12-22(42)17-52(33)39(53)35(20(3)4)50-41(55)57-7/h11,13-16,19-20,22,31-33,35H,8-10,12,17-18H2,1-7H3,(H,45,47)(H,46,48)(H,49,54)(H,50,55). The second-order valence-electron chi connectivity index (χ2n) is 15.9. The van der Waals surface area contributed by atoms with Crippen molar-refractivity contribution in [3.8, 4) is 20.9 Å². The summed E-state index contributed by atoms with van der Waals surface area (Å²) in [6.07, 6.45) is -0.770. The van der Waals surface area contributed by atoms with E-state index in [1.54, 1.807) is 26.0 Å². The fraction of sp³-hybridized carbons (Fsp3) is 0.488. The van der Waals surface area contributed by atoms with Gasteiger partial charge in [0.1, 0.15) is 35.5 Å². The molecule has 17 heteroatoms. The van der Waals surface area contributed by atoms with Crippen molar-refractivity contribution in [3.63, 3.8) is 0 Å². The van der Waals surface area contributed by atoms with Crippen molar-refractivity contribution in [2.24, 2.45) is 11.8 Å². The number of hydrogen-bond acceptors (Lipinski definition) is 9. The van der Waals surface area contributed by atoms with Crippen molar-refractivity contribution in [2.75, 3.05) is 33.9 Å². The number of carbonyl (C=O) groups excluding carboxylic acids is 3. The van der Waals surface area contributed by atoms with E-state index in [2.05, 4.69) is 25.5 Å². The molecule has 13 nitrogen and oxygen atoms in total. The minimum atomic E-state index is -1.32. The van der Waals surface area contributed by atoms with E-state index in [9.17, 15) is 18.8 Å². The van der Waals surface area contributed by atoms with Gasteiger partial charge in [0.25, 0.3) is 0 Å². The molecule has 0 bridgehead atoms. The first-order valence-corrected chi connectivity index (χ1v) is 20.3. The summed E-state index contributed by atoms with van der Waals surface area (Å²) in [4.78, 5) is 58.5. The van der Waals surface area contributed by atoms with Crippen LogP contribution in [0.1, 0.15) is 76.3 Å². The average molecular weight is 823 g/mol. The lowest BCUT2D eigenvalue weighted by molar-refractivity contribution is -0.135. The summed E-state index contributed by atoms with van der Waals surface area (Å²) in [6, 6.07) is 6.01. The minimum absolute atomic E-state index is 0.0170. The number of nitrogens with zero attached hydrogens (tertiary/aromatic N) is 4. The molecule has 7 rings (SSSR count). The molecule has 2 saturated heterocycles. The molecule has 310 valence electrons. The highest BCUT2D eigenvalue weighted by atomic mass is 32.1. The molecular weight excluding hydrogens is 774 g/mol. The maximum absolute atomic E-state index is 15.9. The Balaban J connectivity index is 1.14. The lowest BCUT2D eigenvalue weighted by atomic mass is 10.0. The van der Waals surface area contributed by atoms with Crippen LogP contribution >= 0.6 is 11.3 Å². The van der Waals surface area contributed by atoms with Crippen molar-refractivity contribution < 1.29 is 37.0 Å². The van der Waals surface area contributed by atoms with E-state index in [4.69, 9.17) is 19.4 Å². The zero-order valence-electron chi connectivity index (χ0n) is 33.5. The van der Waals surface area contributed by atoms with Gasteiger partial charge in [-0.3, -0.25) is 9.69 Å². The molecule has 3 aromatic heterocycles. The van der Waals surface area contributed by atoms with Crippen molar-refractivity contribution in [2.45, 2.75) is 84.2 Å². The Bertz CT molecular complexity index is 2340. The molecule has 5 heterocycles. The first-order valence-electron chi connectivity index (χ1n) is 19.5. The fourth-order valence-electron chi connectivity index (χ4n) is 8.07. The lowest BCUT2D eigenvalue weighted by Gasteiger charge is -2.30. The van der Waals surface area contributed by atoms with E-state index in [0.717, 1.165) is 30.8 Å². The van der Waals surface area contributed by atoms with Gasteiger partial charge in [-0.25, -0.2) is 32.7 Å². The maximum atomic E-state index is 15.9. The number of ether oxygens (including phenoxy) is 2. The topological polar surface area (TPSA) is 158 Å². The molecule has 5 unspecified atom stereocenters. The highest BCUT2D eigenvalue weighted by Gasteiger charge is 2.42. The van der Waals surface area contributed by atoms with Gasteiger partial charge >= 0.3 is 12.2 Å². The number of rotatable bonds is 11. The van der Waals surface area contributed by atoms with E-state index in [1.807, 2.05) is 26.8 Å². The van der Waals surface area contributed by atoms with Crippen LogP contribution in [0, 0.1) is 30.4 Å². The Hall–Kier alpha value is -5.16. The number of H-pyrrole nitrogens is 2. The second-order valence-corrected chi connectivity index (χ2v) is 17.0. The number of carbonyl (C=O) groups is 3. The van der Waals surface area contributed by atoms with E-state index in [1.165, 1.54) is 42.6 Å². The van der Waals surface area contributed by atoms with Crippen LogP contribution in [0.4, 0.5) is 22.8 Å². The Morgan fingerprint density at radius 1 is 0.879 bits per heavy atom. The highest BCUT2D eigenvalue weighted by molar-refractivity contribution is 7.19. The number of nitrogens with one attached hydrogen (secondary N) is 4. The molecule has 2 aliphatic heterocycles. The molecule has 5 atom stereocenters. The lowest BCUT2D eigenvalue weighted by Crippen LogP contribution is -2.51. The van der Waals surface area contributed by atoms with Gasteiger partial charge in [-0.2, -0.15) is 0 Å². The van der Waals surface area contributed by atoms with Crippen LogP contribution in [0.2, 0.25) is 0 Å². The van der Waals surface area contributed by atoms with Crippen LogP contribution in [0.25, 0.3) is 42.9 Å². The van der Waals surface area contributed by atoms with Crippen molar-refractivity contribution in [1.82, 2.24) is 40.4 Å². The van der Waals surface area contributed by atoms with E-state index in [-0.39, 0.29) is 42.4 Å². The van der Waals surface area contributed by atoms with Crippen molar-refractivity contribution in [3.05, 3.63) is 59.2 Å². The molecule has 0 radical (unpaired) electrons. The number of imidazole rings is 2. The fourth-order valence-corrected chi connectivity index (χ4v) is 9.28. The molecular formula is C41H49F3N8O5S. The van der Waals surface area contributed by atoms with Gasteiger partial charge in [0.2, 0.25) is 5.91 Å². The summed E-state index contributed by atoms with van der Waals surface area (Å²) < 4.78 is 56.3. The third kappa shape index (κ3) is 8.10. The monoisotopic (exact) mass is 822 g/mol. The first kappa shape index (κ1) is 41.0. The number of alkyl halides is 1. The van der Waals surface area contributed by atoms with Crippen LogP contribution in [0.15, 0.2) is 30.3 Å². The Morgan fingerprint density at radius 2 is 1.48 bits per heavy atom. The third-order valence-electron chi connectivity index (χ3n) is 11.2. The quantitative estimate of drug-likeness (QED) is 0.105. The Morgan fingerprint density at radius 3 is 2.10 bits per heavy atom. The molecule has 2 aromatic carbocycles. The number of likely N-dealkylation sites (tertiary alicyclic amines) is 2. The van der Waals surface area contributed by atoms with Crippen LogP contribution in [-0.2, 0) is 14.3 Å². The van der Waals surface area contributed by atoms with E-state index >= 15 is 8.78 Å². The highest BCUT2D eigenvalue weighted by Crippen LogP contribution is 2.42. The number of hydrogen-bond donors (Lipinski definition) is 4. The summed E-state index contributed by atoms with van der Waals surface area (Å²) >= 11 is 1.25. The van der Waals surface area contributed by atoms with Gasteiger partial charge in [0, 0.05) is 52.0 Å². The normalized spacial score (nSPS) is 19.7. The Labute approximate surface area is 338 Å². The van der Waals surface area contributed by atoms with Crippen LogP contribution in [0.3, 0.4) is 0 Å². The summed E-state index contributed by atoms with van der Waals surface area (Å²) in [7, 11) is 2.55. The number of benzene rings is 2. The number of methoxy groups -OCH3 is 2. The zero-order valence-corrected chi connectivity index (χ0v) is 34.4. The number of thiophene rings is 1. The van der Waals surface area contributed by atoms with E-state index < -0.39 is 48.0 Å². The number of amides is 3. The van der Waals surface area contributed by atoms with Crippen LogP contribution < -0.4 is 10.6 Å². The number of aromatic nitrogens is 4. The SMILES string of the molecule is COC(=O)NC(CN1CCCC1c1nc2cc(-c3sc(-c4cc5nc(C6CC(F)CN6C(=O)C(NC(=O)OC)C(C)C)[nH]c5cc4F)cc3C)c(F)cc2[nH]1)C(C)C. The number of fused-ring (bicyclic) bond motifs is 2. The predicted octanol–water partition coefficient (Wildman–Crippen LogP) is 7.93. The molecule has 2 fully saturated rings. The van der Waals surface area contributed by atoms with Gasteiger partial charge < -0.3 is 35.0 Å². The van der Waals surface area contributed by atoms with Gasteiger partial charge in [-0.1, -0.05) is 27.7 Å². The summed E-state index contributed by atoms with van der Waals surface area (Å²) in [6.45, 7) is 10.7.